The second-order valence-electron chi connectivity index (χ2n) is 15.1. The van der Waals surface area contributed by atoms with E-state index in [4.69, 9.17) is 24.9 Å². The van der Waals surface area contributed by atoms with Gasteiger partial charge in [0.15, 0.2) is 17.5 Å². The Hall–Kier alpha value is -8.41. The second-order valence-corrected chi connectivity index (χ2v) is 15.1. The van der Waals surface area contributed by atoms with Crippen molar-refractivity contribution >= 4 is 43.7 Å². The fraction of sp³-hybridized carbons (Fsp3) is 0. The molecule has 0 bridgehead atoms. The van der Waals surface area contributed by atoms with Gasteiger partial charge in [-0.15, -0.1) is 0 Å². The predicted octanol–water partition coefficient (Wildman–Crippen LogP) is 14.9. The Morgan fingerprint density at radius 2 is 0.855 bits per heavy atom. The summed E-state index contributed by atoms with van der Waals surface area (Å²) < 4.78 is 62.7. The van der Waals surface area contributed by atoms with E-state index < -0.39 is 0 Å². The maximum absolute atomic E-state index is 9.60. The molecule has 0 radical (unpaired) electrons. The van der Waals surface area contributed by atoms with E-state index in [2.05, 4.69) is 65.2 Å². The van der Waals surface area contributed by atoms with Crippen molar-refractivity contribution in [3.05, 3.63) is 218 Å². The van der Waals surface area contributed by atoms with Crippen molar-refractivity contribution in [2.75, 3.05) is 0 Å². The van der Waals surface area contributed by atoms with E-state index in [9.17, 15) is 2.74 Å². The normalized spacial score (nSPS) is 12.9. The Balaban J connectivity index is 1.13. The smallest absolute Gasteiger partial charge is 0.164 e. The van der Waals surface area contributed by atoms with Crippen LogP contribution in [-0.4, -0.2) is 19.5 Å². The molecule has 0 aliphatic heterocycles. The fourth-order valence-electron chi connectivity index (χ4n) is 8.46. The largest absolute Gasteiger partial charge is 0.455 e. The lowest BCUT2D eigenvalue weighted by Crippen LogP contribution is -2.02. The summed E-state index contributed by atoms with van der Waals surface area (Å²) in [4.78, 5) is 15.4. The van der Waals surface area contributed by atoms with E-state index in [1.54, 1.807) is 0 Å². The zero-order valence-electron chi connectivity index (χ0n) is 39.0. The first-order chi connectivity index (χ1) is 33.2. The van der Waals surface area contributed by atoms with E-state index in [-0.39, 0.29) is 63.8 Å². The number of fused-ring (bicyclic) bond motifs is 6. The minimum absolute atomic E-state index is 0.0126. The number of para-hydroxylation sites is 4. The minimum Gasteiger partial charge on any atom is -0.455 e. The average molecular weight is 799 g/mol. The van der Waals surface area contributed by atoms with Gasteiger partial charge in [0, 0.05) is 49.4 Å². The molecule has 0 amide bonds. The summed E-state index contributed by atoms with van der Waals surface area (Å²) in [5, 5.41) is 2.23. The SMILES string of the molecule is [2H]c1cc([2H])c2oc3c(-c4cc(-c5nc(-c6ccc(-c7ccccc7)cc6)nc(-c6ccc(-c7ccccc7)cc6)n5)ccc4-n4c5ccccc5c5ccccc54)c([2H])c([2H])c([2H])c3c2c1[2H]. The first-order valence-electron chi connectivity index (χ1n) is 23.4. The average Bonchev–Trinajstić information content (AvgIpc) is 3.95. The van der Waals surface area contributed by atoms with Crippen LogP contribution in [0.1, 0.15) is 8.22 Å². The number of nitrogens with zero attached hydrogens (tertiary/aromatic N) is 4. The highest BCUT2D eigenvalue weighted by molar-refractivity contribution is 6.12. The van der Waals surface area contributed by atoms with Crippen LogP contribution in [0.25, 0.3) is 117 Å². The van der Waals surface area contributed by atoms with Crippen LogP contribution in [0, 0.1) is 0 Å². The topological polar surface area (TPSA) is 56.7 Å². The molecule has 12 aromatic rings. The molecule has 0 unspecified atom stereocenters. The molecule has 5 nitrogen and oxygen atoms in total. The van der Waals surface area contributed by atoms with E-state index >= 15 is 0 Å². The maximum atomic E-state index is 9.60. The van der Waals surface area contributed by atoms with Crippen LogP contribution < -0.4 is 0 Å². The lowest BCUT2D eigenvalue weighted by Gasteiger charge is -2.16. The van der Waals surface area contributed by atoms with Crippen molar-refractivity contribution in [3.63, 3.8) is 0 Å². The van der Waals surface area contributed by atoms with Crippen LogP contribution in [0.2, 0.25) is 0 Å². The number of hydrogen-bond acceptors (Lipinski definition) is 4. The number of furan rings is 1. The van der Waals surface area contributed by atoms with Crippen LogP contribution in [-0.2, 0) is 0 Å². The van der Waals surface area contributed by atoms with E-state index in [0.717, 1.165) is 55.2 Å². The molecule has 3 heterocycles. The Kier molecular flexibility index (Phi) is 7.05. The van der Waals surface area contributed by atoms with Gasteiger partial charge in [-0.1, -0.05) is 182 Å². The standard InChI is InChI=1S/C57H36N4O/c1-3-14-37(15-4-1)39-26-30-41(31-27-39)55-58-56(42-32-28-40(29-33-42)38-16-5-2-6-17-38)60-57(59-55)43-34-35-52(61-50-23-10-7-18-44(50)45-19-8-11-24-51(45)61)49(36-43)48-22-13-21-47-46-20-9-12-25-53(46)62-54(47)48/h1-36H/i9D,13D,20D,21D,22D,25D. The number of hydrogen-bond donors (Lipinski definition) is 0. The van der Waals surface area contributed by atoms with Crippen LogP contribution in [0.3, 0.4) is 0 Å². The highest BCUT2D eigenvalue weighted by Gasteiger charge is 2.21. The zero-order valence-corrected chi connectivity index (χ0v) is 33.0. The number of rotatable bonds is 7. The molecule has 5 heteroatoms. The lowest BCUT2D eigenvalue weighted by molar-refractivity contribution is 0.670. The predicted molar refractivity (Wildman–Crippen MR) is 254 cm³/mol. The summed E-state index contributed by atoms with van der Waals surface area (Å²) in [6.45, 7) is 0. The number of aromatic nitrogens is 4. The third-order valence-electron chi connectivity index (χ3n) is 11.5. The minimum atomic E-state index is -0.377. The lowest BCUT2D eigenvalue weighted by atomic mass is 9.97. The third-order valence-corrected chi connectivity index (χ3v) is 11.5. The Labute approximate surface area is 366 Å². The first kappa shape index (κ1) is 29.7. The molecule has 0 aliphatic carbocycles. The van der Waals surface area contributed by atoms with Gasteiger partial charge in [0.1, 0.15) is 11.2 Å². The van der Waals surface area contributed by atoms with Crippen molar-refractivity contribution in [1.82, 2.24) is 19.5 Å². The number of benzene rings is 9. The first-order valence-corrected chi connectivity index (χ1v) is 20.4. The molecule has 12 rings (SSSR count). The van der Waals surface area contributed by atoms with Crippen LogP contribution in [0.5, 0.6) is 0 Å². The zero-order chi connectivity index (χ0) is 46.2. The van der Waals surface area contributed by atoms with Crippen molar-refractivity contribution in [2.45, 2.75) is 0 Å². The van der Waals surface area contributed by atoms with E-state index in [1.807, 2.05) is 115 Å². The van der Waals surface area contributed by atoms with Crippen molar-refractivity contribution in [1.29, 1.82) is 0 Å². The molecular weight excluding hydrogens is 757 g/mol. The Morgan fingerprint density at radius 1 is 0.371 bits per heavy atom. The van der Waals surface area contributed by atoms with E-state index in [0.29, 0.717) is 34.3 Å². The van der Waals surface area contributed by atoms with Gasteiger partial charge >= 0.3 is 0 Å². The van der Waals surface area contributed by atoms with Gasteiger partial charge in [0.25, 0.3) is 0 Å². The molecule has 0 atom stereocenters. The van der Waals surface area contributed by atoms with Gasteiger partial charge in [-0.3, -0.25) is 0 Å². The maximum Gasteiger partial charge on any atom is 0.164 e. The molecule has 62 heavy (non-hydrogen) atoms. The summed E-state index contributed by atoms with van der Waals surface area (Å²) in [5.41, 5.74) is 9.65. The summed E-state index contributed by atoms with van der Waals surface area (Å²) in [6, 6.07) is 58.3. The third kappa shape index (κ3) is 6.06. The molecule has 0 saturated carbocycles. The van der Waals surface area contributed by atoms with Gasteiger partial charge in [-0.05, 0) is 58.6 Å². The van der Waals surface area contributed by atoms with Crippen molar-refractivity contribution in [2.24, 2.45) is 0 Å². The molecule has 290 valence electrons. The fourth-order valence-corrected chi connectivity index (χ4v) is 8.46. The molecule has 3 aromatic heterocycles. The summed E-state index contributed by atoms with van der Waals surface area (Å²) in [5.74, 6) is 1.26. The molecule has 0 aliphatic rings. The highest BCUT2D eigenvalue weighted by Crippen LogP contribution is 2.42. The van der Waals surface area contributed by atoms with Crippen molar-refractivity contribution < 1.29 is 12.6 Å². The Morgan fingerprint density at radius 3 is 1.45 bits per heavy atom. The van der Waals surface area contributed by atoms with Gasteiger partial charge in [-0.2, -0.15) is 0 Å². The molecule has 0 spiro atoms. The summed E-state index contributed by atoms with van der Waals surface area (Å²) in [7, 11) is 0. The van der Waals surface area contributed by atoms with Crippen molar-refractivity contribution in [3.8, 4) is 73.2 Å². The molecule has 9 aromatic carbocycles. The van der Waals surface area contributed by atoms with Gasteiger partial charge in [0.2, 0.25) is 0 Å². The summed E-state index contributed by atoms with van der Waals surface area (Å²) in [6.07, 6.45) is 0. The van der Waals surface area contributed by atoms with Crippen LogP contribution >= 0.6 is 0 Å². The second kappa shape index (κ2) is 14.7. The highest BCUT2D eigenvalue weighted by atomic mass is 16.3. The van der Waals surface area contributed by atoms with Gasteiger partial charge in [0.05, 0.1) is 24.9 Å². The quantitative estimate of drug-likeness (QED) is 0.161. The van der Waals surface area contributed by atoms with Gasteiger partial charge in [-0.25, -0.2) is 15.0 Å². The van der Waals surface area contributed by atoms with Gasteiger partial charge < -0.3 is 8.98 Å². The Bertz CT molecular complexity index is 3810. The molecule has 0 fully saturated rings. The monoisotopic (exact) mass is 798 g/mol. The molecule has 0 N–H and O–H groups in total. The van der Waals surface area contributed by atoms with Crippen LogP contribution in [0.15, 0.2) is 223 Å². The van der Waals surface area contributed by atoms with Crippen LogP contribution in [0.4, 0.5) is 0 Å². The molecular formula is C57H36N4O. The summed E-state index contributed by atoms with van der Waals surface area (Å²) >= 11 is 0. The van der Waals surface area contributed by atoms with E-state index in [1.165, 1.54) is 6.07 Å². The molecule has 0 saturated heterocycles.